The average molecular weight is 455 g/mol. The Labute approximate surface area is 190 Å². The van der Waals surface area contributed by atoms with Crippen LogP contribution in [0.15, 0.2) is 30.9 Å². The fourth-order valence-electron chi connectivity index (χ4n) is 2.94. The second-order valence-corrected chi connectivity index (χ2v) is 8.17. The van der Waals surface area contributed by atoms with Gasteiger partial charge in [-0.1, -0.05) is 6.92 Å². The molecule has 0 saturated heterocycles. The minimum absolute atomic E-state index is 0.154. The second kappa shape index (κ2) is 9.89. The third-order valence-electron chi connectivity index (χ3n) is 5.12. The van der Waals surface area contributed by atoms with Gasteiger partial charge in [0.2, 0.25) is 0 Å². The number of halogens is 1. The van der Waals surface area contributed by atoms with E-state index in [1.54, 1.807) is 18.5 Å². The third-order valence-corrected chi connectivity index (χ3v) is 5.12. The molecule has 1 amide bonds. The van der Waals surface area contributed by atoms with Crippen LogP contribution in [0.25, 0.3) is 16.9 Å². The zero-order valence-corrected chi connectivity index (χ0v) is 18.6. The Hall–Kier alpha value is -3.62. The van der Waals surface area contributed by atoms with Crippen molar-refractivity contribution in [2.24, 2.45) is 0 Å². The van der Waals surface area contributed by atoms with Gasteiger partial charge in [0.05, 0.1) is 58.7 Å². The smallest absolute Gasteiger partial charge is 0.255 e. The maximum Gasteiger partial charge on any atom is 0.255 e. The van der Waals surface area contributed by atoms with Crippen LogP contribution in [0.1, 0.15) is 43.1 Å². The van der Waals surface area contributed by atoms with Gasteiger partial charge in [-0.05, 0) is 26.3 Å². The molecule has 0 aliphatic heterocycles. The molecule has 3 aromatic rings. The van der Waals surface area contributed by atoms with E-state index in [9.17, 15) is 19.4 Å². The van der Waals surface area contributed by atoms with Crippen molar-refractivity contribution in [2.75, 3.05) is 18.4 Å². The van der Waals surface area contributed by atoms with E-state index >= 15 is 0 Å². The number of alkyl halides is 1. The minimum Gasteiger partial charge on any atom is -0.391 e. The number of nitrogens with zero attached hydrogens (tertiary/aromatic N) is 5. The summed E-state index contributed by atoms with van der Waals surface area (Å²) in [4.78, 5) is 21.4. The first-order valence-corrected chi connectivity index (χ1v) is 10.4. The zero-order valence-electron chi connectivity index (χ0n) is 18.6. The molecule has 0 spiro atoms. The van der Waals surface area contributed by atoms with Crippen LogP contribution in [0, 0.1) is 11.3 Å². The molecule has 2 atom stereocenters. The van der Waals surface area contributed by atoms with Gasteiger partial charge in [-0.2, -0.15) is 10.4 Å². The molecule has 174 valence electrons. The van der Waals surface area contributed by atoms with Gasteiger partial charge in [0.25, 0.3) is 5.91 Å². The predicted molar refractivity (Wildman–Crippen MR) is 119 cm³/mol. The van der Waals surface area contributed by atoms with E-state index in [1.807, 2.05) is 13.0 Å². The quantitative estimate of drug-likeness (QED) is 0.381. The van der Waals surface area contributed by atoms with E-state index in [0.717, 1.165) is 0 Å². The van der Waals surface area contributed by atoms with Crippen LogP contribution in [0.4, 0.5) is 10.1 Å². The number of nitrogens with one attached hydrogen (secondary N) is 2. The molecule has 3 heterocycles. The van der Waals surface area contributed by atoms with E-state index in [-0.39, 0.29) is 18.7 Å². The first-order chi connectivity index (χ1) is 15.6. The lowest BCUT2D eigenvalue weighted by Gasteiger charge is -2.22. The van der Waals surface area contributed by atoms with E-state index in [1.165, 1.54) is 30.8 Å². The van der Waals surface area contributed by atoms with Crippen molar-refractivity contribution in [2.45, 2.75) is 45.1 Å². The number of carbonyl (C=O) groups is 1. The Bertz CT molecular complexity index is 1180. The van der Waals surface area contributed by atoms with Crippen molar-refractivity contribution in [1.29, 1.82) is 5.26 Å². The lowest BCUT2D eigenvalue weighted by Crippen LogP contribution is -2.42. The largest absolute Gasteiger partial charge is 0.391 e. The van der Waals surface area contributed by atoms with Crippen molar-refractivity contribution in [1.82, 2.24) is 24.9 Å². The van der Waals surface area contributed by atoms with Crippen LogP contribution in [-0.2, 0) is 0 Å². The Morgan fingerprint density at radius 1 is 1.30 bits per heavy atom. The molecule has 0 fully saturated rings. The van der Waals surface area contributed by atoms with Gasteiger partial charge in [-0.25, -0.2) is 13.9 Å². The molecule has 0 aromatic carbocycles. The van der Waals surface area contributed by atoms with Gasteiger partial charge in [-0.3, -0.25) is 9.78 Å². The number of hydrogen-bond donors (Lipinski definition) is 4. The van der Waals surface area contributed by atoms with Crippen LogP contribution in [0.5, 0.6) is 0 Å². The molecular weight excluding hydrogens is 429 g/mol. The Morgan fingerprint density at radius 2 is 2.06 bits per heavy atom. The number of anilines is 1. The summed E-state index contributed by atoms with van der Waals surface area (Å²) in [6.07, 6.45) is 4.08. The van der Waals surface area contributed by atoms with E-state index in [4.69, 9.17) is 5.26 Å². The SMILES string of the molecule is CCC(O)CNc1cc(-c2cnn3cc(C#N)cnc23)ncc1C(=O)NCC(F)C(C)(C)O. The Kier molecular flexibility index (Phi) is 7.20. The summed E-state index contributed by atoms with van der Waals surface area (Å²) in [5.41, 5.74) is 0.819. The molecule has 0 radical (unpaired) electrons. The molecule has 0 aliphatic rings. The number of aromatic nitrogens is 4. The number of fused-ring (bicyclic) bond motifs is 1. The standard InChI is InChI=1S/C22H26FN7O3/c1-4-14(31)8-25-18-5-17(15-10-29-30-12-13(6-24)7-27-20(15)30)26-9-16(18)21(32)28-11-19(23)22(2,3)33/h5,7,9-10,12,14,19,31,33H,4,8,11H2,1-3H3,(H,25,26)(H,28,32). The molecule has 10 nitrogen and oxygen atoms in total. The predicted octanol–water partition coefficient (Wildman–Crippen LogP) is 1.68. The lowest BCUT2D eigenvalue weighted by atomic mass is 10.0. The number of carbonyl (C=O) groups excluding carboxylic acids is 1. The molecule has 4 N–H and O–H groups in total. The number of nitriles is 1. The van der Waals surface area contributed by atoms with Gasteiger partial charge in [-0.15, -0.1) is 0 Å². The molecule has 3 rings (SSSR count). The van der Waals surface area contributed by atoms with Crippen LogP contribution in [-0.4, -0.2) is 66.7 Å². The van der Waals surface area contributed by atoms with Gasteiger partial charge < -0.3 is 20.8 Å². The summed E-state index contributed by atoms with van der Waals surface area (Å²) in [5.74, 6) is -0.578. The Morgan fingerprint density at radius 3 is 2.73 bits per heavy atom. The summed E-state index contributed by atoms with van der Waals surface area (Å²) in [6, 6.07) is 3.62. The number of pyridine rings is 1. The molecule has 2 unspecified atom stereocenters. The minimum atomic E-state index is -1.66. The maximum absolute atomic E-state index is 14.1. The highest BCUT2D eigenvalue weighted by Gasteiger charge is 2.27. The summed E-state index contributed by atoms with van der Waals surface area (Å²) in [7, 11) is 0. The van der Waals surface area contributed by atoms with Crippen molar-refractivity contribution in [3.05, 3.63) is 42.0 Å². The zero-order chi connectivity index (χ0) is 24.2. The lowest BCUT2D eigenvalue weighted by molar-refractivity contribution is -0.00177. The number of rotatable bonds is 9. The first-order valence-electron chi connectivity index (χ1n) is 10.4. The summed E-state index contributed by atoms with van der Waals surface area (Å²) in [6.45, 7) is 4.29. The summed E-state index contributed by atoms with van der Waals surface area (Å²) < 4.78 is 15.5. The van der Waals surface area contributed by atoms with Gasteiger partial charge in [0.1, 0.15) is 12.2 Å². The van der Waals surface area contributed by atoms with Gasteiger partial charge >= 0.3 is 0 Å². The highest BCUT2D eigenvalue weighted by atomic mass is 19.1. The van der Waals surface area contributed by atoms with E-state index < -0.39 is 23.8 Å². The average Bonchev–Trinajstić information content (AvgIpc) is 3.22. The highest BCUT2D eigenvalue weighted by molar-refractivity contribution is 6.00. The Balaban J connectivity index is 1.93. The molecule has 33 heavy (non-hydrogen) atoms. The fraction of sp³-hybridized carbons (Fsp3) is 0.409. The summed E-state index contributed by atoms with van der Waals surface area (Å²) in [5, 5.41) is 38.5. The van der Waals surface area contributed by atoms with Gasteiger partial charge in [0, 0.05) is 18.9 Å². The van der Waals surface area contributed by atoms with Crippen LogP contribution < -0.4 is 10.6 Å². The highest BCUT2D eigenvalue weighted by Crippen LogP contribution is 2.26. The molecule has 0 aliphatic carbocycles. The first kappa shape index (κ1) is 24.0. The van der Waals surface area contributed by atoms with E-state index in [0.29, 0.717) is 34.6 Å². The monoisotopic (exact) mass is 455 g/mol. The van der Waals surface area contributed by atoms with E-state index in [2.05, 4.69) is 25.7 Å². The molecule has 0 saturated carbocycles. The number of hydrogen-bond acceptors (Lipinski definition) is 8. The molecule has 0 bridgehead atoms. The van der Waals surface area contributed by atoms with Crippen molar-refractivity contribution < 1.29 is 19.4 Å². The maximum atomic E-state index is 14.1. The van der Waals surface area contributed by atoms with Crippen LogP contribution >= 0.6 is 0 Å². The third kappa shape index (κ3) is 5.60. The second-order valence-electron chi connectivity index (χ2n) is 8.17. The number of aliphatic hydroxyl groups excluding tert-OH is 1. The molecular formula is C22H26FN7O3. The molecule has 11 heteroatoms. The normalized spacial score (nSPS) is 13.4. The summed E-state index contributed by atoms with van der Waals surface area (Å²) >= 11 is 0. The van der Waals surface area contributed by atoms with Gasteiger partial charge in [0.15, 0.2) is 5.65 Å². The topological polar surface area (TPSA) is 148 Å². The molecule has 3 aromatic heterocycles. The van der Waals surface area contributed by atoms with Crippen LogP contribution in [0.2, 0.25) is 0 Å². The number of amides is 1. The van der Waals surface area contributed by atoms with Crippen molar-refractivity contribution >= 4 is 17.2 Å². The van der Waals surface area contributed by atoms with Crippen molar-refractivity contribution in [3.8, 4) is 17.3 Å². The van der Waals surface area contributed by atoms with Crippen molar-refractivity contribution in [3.63, 3.8) is 0 Å². The number of aliphatic hydroxyl groups is 2. The fourth-order valence-corrected chi connectivity index (χ4v) is 2.94. The van der Waals surface area contributed by atoms with Crippen LogP contribution in [0.3, 0.4) is 0 Å².